The van der Waals surface area contributed by atoms with E-state index in [1.165, 1.54) is 0 Å². The minimum atomic E-state index is -0.0609. The van der Waals surface area contributed by atoms with Crippen LogP contribution in [0.15, 0.2) is 22.9 Å². The molecule has 2 N–H and O–H groups in total. The van der Waals surface area contributed by atoms with Crippen LogP contribution in [0.5, 0.6) is 0 Å². The molecule has 8 heteroatoms. The van der Waals surface area contributed by atoms with Crippen molar-refractivity contribution < 1.29 is 4.79 Å². The van der Waals surface area contributed by atoms with Gasteiger partial charge in [-0.2, -0.15) is 0 Å². The molecule has 0 aliphatic rings. The Morgan fingerprint density at radius 3 is 2.61 bits per heavy atom. The first-order valence-corrected chi connectivity index (χ1v) is 8.59. The van der Waals surface area contributed by atoms with E-state index in [9.17, 15) is 4.79 Å². The molecule has 0 spiro atoms. The van der Waals surface area contributed by atoms with Crippen molar-refractivity contribution in [1.29, 1.82) is 0 Å². The minimum Gasteiger partial charge on any atom is -0.345 e. The molecular formula is C15H23Cl2N3OS2. The van der Waals surface area contributed by atoms with Crippen molar-refractivity contribution in [2.24, 2.45) is 11.1 Å². The van der Waals surface area contributed by atoms with E-state index in [4.69, 9.17) is 5.73 Å². The predicted molar refractivity (Wildman–Crippen MR) is 104 cm³/mol. The van der Waals surface area contributed by atoms with Crippen molar-refractivity contribution in [3.63, 3.8) is 0 Å². The molecular weight excluding hydrogens is 373 g/mol. The van der Waals surface area contributed by atoms with E-state index < -0.39 is 0 Å². The lowest BCUT2D eigenvalue weighted by atomic mass is 9.93. The highest BCUT2D eigenvalue weighted by Gasteiger charge is 2.21. The molecule has 0 radical (unpaired) electrons. The van der Waals surface area contributed by atoms with Crippen LogP contribution in [0.3, 0.4) is 0 Å². The number of aromatic nitrogens is 1. The van der Waals surface area contributed by atoms with E-state index in [0.717, 1.165) is 15.6 Å². The molecule has 23 heavy (non-hydrogen) atoms. The summed E-state index contributed by atoms with van der Waals surface area (Å²) in [5.74, 6) is 0.0829. The maximum atomic E-state index is 12.3. The number of nitrogens with two attached hydrogens (primary N) is 1. The van der Waals surface area contributed by atoms with E-state index in [1.54, 1.807) is 27.6 Å². The lowest BCUT2D eigenvalue weighted by Gasteiger charge is -2.28. The third-order valence-electron chi connectivity index (χ3n) is 3.26. The fourth-order valence-corrected chi connectivity index (χ4v) is 3.62. The molecule has 0 unspecified atom stereocenters. The fourth-order valence-electron chi connectivity index (χ4n) is 1.99. The van der Waals surface area contributed by atoms with Gasteiger partial charge in [0.15, 0.2) is 0 Å². The summed E-state index contributed by atoms with van der Waals surface area (Å²) in [5, 5.41) is 4.98. The Morgan fingerprint density at radius 1 is 1.35 bits per heavy atom. The first-order valence-electron chi connectivity index (χ1n) is 6.83. The number of carbonyl (C=O) groups is 1. The highest BCUT2D eigenvalue weighted by atomic mass is 35.5. The van der Waals surface area contributed by atoms with Crippen LogP contribution in [0, 0.1) is 5.41 Å². The molecule has 2 rings (SSSR count). The van der Waals surface area contributed by atoms with Crippen LogP contribution < -0.4 is 5.73 Å². The number of rotatable bonds is 6. The maximum Gasteiger partial charge on any atom is 0.228 e. The number of halogens is 2. The Labute approximate surface area is 157 Å². The van der Waals surface area contributed by atoms with Gasteiger partial charge in [0.1, 0.15) is 5.01 Å². The van der Waals surface area contributed by atoms with Gasteiger partial charge < -0.3 is 10.6 Å². The van der Waals surface area contributed by atoms with Crippen molar-refractivity contribution in [2.45, 2.75) is 20.3 Å². The van der Waals surface area contributed by atoms with Gasteiger partial charge in [-0.15, -0.1) is 47.5 Å². The quantitative estimate of drug-likeness (QED) is 0.810. The van der Waals surface area contributed by atoms with Gasteiger partial charge in [-0.25, -0.2) is 4.98 Å². The summed E-state index contributed by atoms with van der Waals surface area (Å²) in [6.07, 6.45) is 0.346. The number of amides is 1. The standard InChI is InChI=1S/C15H21N3OS2.2ClH/c1-15(2,9-16)10-18(3)13(19)7-11-8-21-14(17-11)12-5-4-6-20-12;;/h4-6,8H,7,9-10,16H2,1-3H3;2*1H. The Hall–Kier alpha value is -0.660. The second-order valence-electron chi connectivity index (χ2n) is 5.92. The molecule has 2 aromatic heterocycles. The summed E-state index contributed by atoms with van der Waals surface area (Å²) < 4.78 is 0. The summed E-state index contributed by atoms with van der Waals surface area (Å²) in [7, 11) is 1.83. The third kappa shape index (κ3) is 6.39. The molecule has 130 valence electrons. The van der Waals surface area contributed by atoms with Gasteiger partial charge in [0.05, 0.1) is 17.0 Å². The van der Waals surface area contributed by atoms with Crippen molar-refractivity contribution in [2.75, 3.05) is 20.1 Å². The Bertz CT molecular complexity index is 600. The average molecular weight is 396 g/mol. The number of hydrogen-bond acceptors (Lipinski definition) is 5. The third-order valence-corrected chi connectivity index (χ3v) is 5.19. The predicted octanol–water partition coefficient (Wildman–Crippen LogP) is 3.70. The normalized spacial score (nSPS) is 10.6. The van der Waals surface area contributed by atoms with E-state index in [2.05, 4.69) is 18.8 Å². The van der Waals surface area contributed by atoms with Crippen molar-refractivity contribution in [3.05, 3.63) is 28.6 Å². The molecule has 2 aromatic rings. The van der Waals surface area contributed by atoms with Crippen LogP contribution >= 0.6 is 47.5 Å². The van der Waals surface area contributed by atoms with E-state index in [0.29, 0.717) is 19.5 Å². The molecule has 0 saturated carbocycles. The van der Waals surface area contributed by atoms with Crippen LogP contribution in [0.1, 0.15) is 19.5 Å². The number of nitrogens with zero attached hydrogens (tertiary/aromatic N) is 2. The van der Waals surface area contributed by atoms with Gasteiger partial charge in [0, 0.05) is 19.0 Å². The molecule has 0 aromatic carbocycles. The maximum absolute atomic E-state index is 12.3. The van der Waals surface area contributed by atoms with Crippen LogP contribution in [0.25, 0.3) is 9.88 Å². The molecule has 0 aliphatic carbocycles. The minimum absolute atomic E-state index is 0. The van der Waals surface area contributed by atoms with Crippen molar-refractivity contribution in [1.82, 2.24) is 9.88 Å². The molecule has 0 bridgehead atoms. The number of likely N-dealkylation sites (N-methyl/N-ethyl adjacent to an activating group) is 1. The van der Waals surface area contributed by atoms with Crippen molar-refractivity contribution in [3.8, 4) is 9.88 Å². The summed E-state index contributed by atoms with van der Waals surface area (Å²) in [6, 6.07) is 4.06. The lowest BCUT2D eigenvalue weighted by molar-refractivity contribution is -0.130. The molecule has 1 amide bonds. The molecule has 0 atom stereocenters. The van der Waals surface area contributed by atoms with Gasteiger partial charge in [-0.1, -0.05) is 19.9 Å². The van der Waals surface area contributed by atoms with E-state index in [1.807, 2.05) is 29.9 Å². The zero-order valence-corrected chi connectivity index (χ0v) is 16.7. The van der Waals surface area contributed by atoms with Crippen LogP contribution in [0.2, 0.25) is 0 Å². The second kappa shape index (κ2) is 9.59. The summed E-state index contributed by atoms with van der Waals surface area (Å²) in [6.45, 7) is 5.34. The molecule has 0 fully saturated rings. The zero-order valence-electron chi connectivity index (χ0n) is 13.4. The molecule has 2 heterocycles. The van der Waals surface area contributed by atoms with Gasteiger partial charge in [0.25, 0.3) is 0 Å². The monoisotopic (exact) mass is 395 g/mol. The van der Waals surface area contributed by atoms with Gasteiger partial charge in [-0.3, -0.25) is 4.79 Å². The molecule has 4 nitrogen and oxygen atoms in total. The first-order chi connectivity index (χ1) is 9.91. The number of carbonyl (C=O) groups excluding carboxylic acids is 1. The summed E-state index contributed by atoms with van der Waals surface area (Å²) in [5.41, 5.74) is 6.50. The second-order valence-corrected chi connectivity index (χ2v) is 7.72. The first kappa shape index (κ1) is 22.3. The summed E-state index contributed by atoms with van der Waals surface area (Å²) in [4.78, 5) is 19.7. The number of thiophene rings is 1. The SMILES string of the molecule is CN(CC(C)(C)CN)C(=O)Cc1csc(-c2cccs2)n1.Cl.Cl. The van der Waals surface area contributed by atoms with Crippen LogP contribution in [-0.2, 0) is 11.2 Å². The zero-order chi connectivity index (χ0) is 15.5. The summed E-state index contributed by atoms with van der Waals surface area (Å²) >= 11 is 3.25. The largest absolute Gasteiger partial charge is 0.345 e. The van der Waals surface area contributed by atoms with Crippen LogP contribution in [0.4, 0.5) is 0 Å². The highest BCUT2D eigenvalue weighted by Crippen LogP contribution is 2.28. The smallest absolute Gasteiger partial charge is 0.228 e. The average Bonchev–Trinajstić information content (AvgIpc) is 3.08. The van der Waals surface area contributed by atoms with Gasteiger partial charge in [0.2, 0.25) is 5.91 Å². The van der Waals surface area contributed by atoms with Gasteiger partial charge >= 0.3 is 0 Å². The molecule has 0 saturated heterocycles. The van der Waals surface area contributed by atoms with Crippen molar-refractivity contribution >= 4 is 53.4 Å². The topological polar surface area (TPSA) is 59.2 Å². The highest BCUT2D eigenvalue weighted by molar-refractivity contribution is 7.20. The number of thiazole rings is 1. The Morgan fingerprint density at radius 2 is 2.04 bits per heavy atom. The molecule has 0 aliphatic heterocycles. The van der Waals surface area contributed by atoms with E-state index >= 15 is 0 Å². The van der Waals surface area contributed by atoms with Crippen LogP contribution in [-0.4, -0.2) is 35.9 Å². The van der Waals surface area contributed by atoms with E-state index in [-0.39, 0.29) is 36.1 Å². The number of hydrogen-bond donors (Lipinski definition) is 1. The van der Waals surface area contributed by atoms with Gasteiger partial charge in [-0.05, 0) is 23.4 Å². The fraction of sp³-hybridized carbons (Fsp3) is 0.467. The lowest BCUT2D eigenvalue weighted by Crippen LogP contribution is -2.40. The Balaban J connectivity index is 0.00000242. The Kier molecular flexibility index (Phi) is 9.32.